The molecule has 1 N–H and O–H groups in total. The number of carbonyl (C=O) groups is 1. The Hall–Kier alpha value is -2.93. The minimum Gasteiger partial charge on any atom is -0.482 e. The van der Waals surface area contributed by atoms with Gasteiger partial charge in [-0.3, -0.25) is 14.9 Å². The lowest BCUT2D eigenvalue weighted by Gasteiger charge is -2.07. The molecular weight excluding hydrogens is 334 g/mol. The molecule has 24 heavy (non-hydrogen) atoms. The monoisotopic (exact) mass is 347 g/mol. The van der Waals surface area contributed by atoms with E-state index >= 15 is 0 Å². The minimum atomic E-state index is -0.482. The van der Waals surface area contributed by atoms with E-state index in [2.05, 4.69) is 10.5 Å². The maximum atomic E-state index is 11.7. The van der Waals surface area contributed by atoms with Crippen LogP contribution in [0, 0.1) is 10.1 Å². The van der Waals surface area contributed by atoms with E-state index in [1.807, 2.05) is 0 Å². The highest BCUT2D eigenvalue weighted by Crippen LogP contribution is 2.22. The van der Waals surface area contributed by atoms with Crippen LogP contribution in [-0.2, 0) is 4.79 Å². The van der Waals surface area contributed by atoms with Crippen molar-refractivity contribution in [3.63, 3.8) is 0 Å². The number of benzene rings is 2. The molecular formula is C16H14ClN3O4. The van der Waals surface area contributed by atoms with Crippen LogP contribution in [0.25, 0.3) is 0 Å². The number of amides is 1. The topological polar surface area (TPSA) is 93.8 Å². The molecule has 0 atom stereocenters. The van der Waals surface area contributed by atoms with Crippen molar-refractivity contribution < 1.29 is 14.5 Å². The van der Waals surface area contributed by atoms with E-state index in [4.69, 9.17) is 16.3 Å². The molecule has 2 aromatic carbocycles. The quantitative estimate of drug-likeness (QED) is 0.493. The number of non-ortho nitro benzene ring substituents is 1. The number of nitrogens with one attached hydrogen (secondary N) is 1. The van der Waals surface area contributed by atoms with E-state index in [-0.39, 0.29) is 12.3 Å². The summed E-state index contributed by atoms with van der Waals surface area (Å²) in [6, 6.07) is 12.7. The van der Waals surface area contributed by atoms with Crippen molar-refractivity contribution in [2.45, 2.75) is 6.92 Å². The molecule has 0 aromatic heterocycles. The average Bonchev–Trinajstić information content (AvgIpc) is 2.59. The number of halogens is 1. The third-order valence-electron chi connectivity index (χ3n) is 3.04. The Labute approximate surface area is 143 Å². The lowest BCUT2D eigenvalue weighted by molar-refractivity contribution is -0.384. The molecule has 0 unspecified atom stereocenters. The Morgan fingerprint density at radius 2 is 1.92 bits per heavy atom. The van der Waals surface area contributed by atoms with E-state index in [9.17, 15) is 14.9 Å². The molecule has 0 radical (unpaired) electrons. The Kier molecular flexibility index (Phi) is 5.86. The molecule has 0 heterocycles. The zero-order chi connectivity index (χ0) is 17.5. The third-order valence-corrected chi connectivity index (χ3v) is 3.35. The lowest BCUT2D eigenvalue weighted by atomic mass is 10.1. The molecule has 0 saturated carbocycles. The van der Waals surface area contributed by atoms with Gasteiger partial charge in [0.15, 0.2) is 6.61 Å². The molecule has 0 aliphatic rings. The fourth-order valence-electron chi connectivity index (χ4n) is 1.77. The van der Waals surface area contributed by atoms with Gasteiger partial charge in [0.05, 0.1) is 15.7 Å². The first-order valence-electron chi connectivity index (χ1n) is 6.92. The predicted octanol–water partition coefficient (Wildman–Crippen LogP) is 3.17. The number of nitrogens with zero attached hydrogens (tertiary/aromatic N) is 2. The number of hydrogen-bond acceptors (Lipinski definition) is 5. The summed E-state index contributed by atoms with van der Waals surface area (Å²) in [4.78, 5) is 21.9. The number of nitro groups is 1. The highest BCUT2D eigenvalue weighted by Gasteiger charge is 2.07. The van der Waals surface area contributed by atoms with Gasteiger partial charge in [-0.1, -0.05) is 23.7 Å². The van der Waals surface area contributed by atoms with E-state index in [0.29, 0.717) is 22.0 Å². The fourth-order valence-corrected chi connectivity index (χ4v) is 1.96. The van der Waals surface area contributed by atoms with Gasteiger partial charge in [-0.15, -0.1) is 0 Å². The molecule has 0 aliphatic heterocycles. The molecule has 0 spiro atoms. The number of hydrogen-bond donors (Lipinski definition) is 1. The molecule has 124 valence electrons. The van der Waals surface area contributed by atoms with Gasteiger partial charge < -0.3 is 4.74 Å². The van der Waals surface area contributed by atoms with Crippen LogP contribution < -0.4 is 10.2 Å². The largest absolute Gasteiger partial charge is 0.482 e. The SMILES string of the molecule is C/C(=N\NC(=O)COc1ccccc1Cl)c1ccc([N+](=O)[O-])cc1. The molecule has 7 nitrogen and oxygen atoms in total. The van der Waals surface area contributed by atoms with Crippen LogP contribution in [0.2, 0.25) is 5.02 Å². The summed E-state index contributed by atoms with van der Waals surface area (Å²) in [6.07, 6.45) is 0. The summed E-state index contributed by atoms with van der Waals surface area (Å²) in [5.41, 5.74) is 3.51. The van der Waals surface area contributed by atoms with Crippen molar-refractivity contribution in [2.75, 3.05) is 6.61 Å². The smallest absolute Gasteiger partial charge is 0.277 e. The summed E-state index contributed by atoms with van der Waals surface area (Å²) in [7, 11) is 0. The van der Waals surface area contributed by atoms with Gasteiger partial charge in [0.25, 0.3) is 11.6 Å². The van der Waals surface area contributed by atoms with Crippen LogP contribution in [0.1, 0.15) is 12.5 Å². The molecule has 0 bridgehead atoms. The second kappa shape index (κ2) is 8.07. The van der Waals surface area contributed by atoms with E-state index in [1.54, 1.807) is 43.3 Å². The standard InChI is InChI=1S/C16H14ClN3O4/c1-11(12-6-8-13(9-7-12)20(22)23)18-19-16(21)10-24-15-5-3-2-4-14(15)17/h2-9H,10H2,1H3,(H,19,21)/b18-11+. The van der Waals surface area contributed by atoms with Gasteiger partial charge in [-0.25, -0.2) is 5.43 Å². The zero-order valence-corrected chi connectivity index (χ0v) is 13.5. The lowest BCUT2D eigenvalue weighted by Crippen LogP contribution is -2.25. The van der Waals surface area contributed by atoms with E-state index < -0.39 is 10.8 Å². The van der Waals surface area contributed by atoms with Gasteiger partial charge in [-0.2, -0.15) is 5.10 Å². The molecule has 1 amide bonds. The number of carbonyl (C=O) groups excluding carboxylic acids is 1. The van der Waals surface area contributed by atoms with E-state index in [1.165, 1.54) is 12.1 Å². The van der Waals surface area contributed by atoms with Crippen LogP contribution in [-0.4, -0.2) is 23.1 Å². The van der Waals surface area contributed by atoms with Crippen molar-refractivity contribution in [3.8, 4) is 5.75 Å². The minimum absolute atomic E-state index is 0.0104. The second-order valence-corrected chi connectivity index (χ2v) is 5.16. The summed E-state index contributed by atoms with van der Waals surface area (Å²) >= 11 is 5.92. The molecule has 2 aromatic rings. The maximum Gasteiger partial charge on any atom is 0.277 e. The van der Waals surface area contributed by atoms with Gasteiger partial charge in [0.1, 0.15) is 5.75 Å². The van der Waals surface area contributed by atoms with Crippen molar-refractivity contribution >= 4 is 28.9 Å². The van der Waals surface area contributed by atoms with Crippen molar-refractivity contribution in [3.05, 3.63) is 69.2 Å². The number of hydrazone groups is 1. The Bertz CT molecular complexity index is 775. The van der Waals surface area contributed by atoms with Crippen molar-refractivity contribution in [2.24, 2.45) is 5.10 Å². The normalized spacial score (nSPS) is 11.0. The van der Waals surface area contributed by atoms with Gasteiger partial charge >= 0.3 is 0 Å². The molecule has 0 saturated heterocycles. The van der Waals surface area contributed by atoms with Gasteiger partial charge in [-0.05, 0) is 36.8 Å². The van der Waals surface area contributed by atoms with Gasteiger partial charge in [0.2, 0.25) is 0 Å². The summed E-state index contributed by atoms with van der Waals surface area (Å²) < 4.78 is 5.29. The summed E-state index contributed by atoms with van der Waals surface area (Å²) in [6.45, 7) is 1.44. The van der Waals surface area contributed by atoms with E-state index in [0.717, 1.165) is 0 Å². The van der Waals surface area contributed by atoms with Crippen LogP contribution in [0.15, 0.2) is 53.6 Å². The van der Waals surface area contributed by atoms with Crippen LogP contribution in [0.5, 0.6) is 5.75 Å². The van der Waals surface area contributed by atoms with Crippen LogP contribution in [0.4, 0.5) is 5.69 Å². The van der Waals surface area contributed by atoms with Crippen molar-refractivity contribution in [1.29, 1.82) is 0 Å². The Morgan fingerprint density at radius 1 is 1.25 bits per heavy atom. The number of rotatable bonds is 6. The predicted molar refractivity (Wildman–Crippen MR) is 90.4 cm³/mol. The maximum absolute atomic E-state index is 11.7. The Morgan fingerprint density at radius 3 is 2.54 bits per heavy atom. The first-order valence-corrected chi connectivity index (χ1v) is 7.30. The third kappa shape index (κ3) is 4.79. The zero-order valence-electron chi connectivity index (χ0n) is 12.7. The second-order valence-electron chi connectivity index (χ2n) is 4.76. The van der Waals surface area contributed by atoms with Gasteiger partial charge in [0, 0.05) is 12.1 Å². The highest BCUT2D eigenvalue weighted by molar-refractivity contribution is 6.32. The Balaban J connectivity index is 1.90. The molecule has 0 aliphatic carbocycles. The first kappa shape index (κ1) is 17.4. The fraction of sp³-hybridized carbons (Fsp3) is 0.125. The van der Waals surface area contributed by atoms with Crippen LogP contribution >= 0.6 is 11.6 Å². The molecule has 2 rings (SSSR count). The summed E-state index contributed by atoms with van der Waals surface area (Å²) in [5.74, 6) is -0.0402. The summed E-state index contributed by atoms with van der Waals surface area (Å²) in [5, 5.41) is 15.0. The number of nitro benzene ring substituents is 1. The average molecular weight is 348 g/mol. The van der Waals surface area contributed by atoms with Crippen molar-refractivity contribution in [1.82, 2.24) is 5.43 Å². The number of para-hydroxylation sites is 1. The van der Waals surface area contributed by atoms with Crippen LogP contribution in [0.3, 0.4) is 0 Å². The molecule has 8 heteroatoms. The number of ether oxygens (including phenoxy) is 1. The highest BCUT2D eigenvalue weighted by atomic mass is 35.5. The molecule has 0 fully saturated rings. The first-order chi connectivity index (χ1) is 11.5.